The molecule has 0 spiro atoms. The second-order valence-corrected chi connectivity index (χ2v) is 2.12. The summed E-state index contributed by atoms with van der Waals surface area (Å²) < 4.78 is 0. The first-order chi connectivity index (χ1) is 3.83. The van der Waals surface area contributed by atoms with Gasteiger partial charge in [-0.3, -0.25) is 0 Å². The van der Waals surface area contributed by atoms with Gasteiger partial charge < -0.3 is 10.6 Å². The molecule has 0 saturated carbocycles. The minimum absolute atomic E-state index is 0.311. The third-order valence-electron chi connectivity index (χ3n) is 1.41. The Hall–Kier alpha value is -0.680. The lowest BCUT2D eigenvalue weighted by molar-refractivity contribution is 0.488. The molecule has 0 aromatic heterocycles. The molecule has 1 rings (SSSR count). The quantitative estimate of drug-likeness (QED) is 0.430. The Kier molecular flexibility index (Phi) is 1.40. The third-order valence-corrected chi connectivity index (χ3v) is 1.41. The zero-order valence-corrected chi connectivity index (χ0v) is 4.80. The van der Waals surface area contributed by atoms with Gasteiger partial charge in [-0.1, -0.05) is 6.42 Å². The van der Waals surface area contributed by atoms with Crippen molar-refractivity contribution in [1.82, 2.24) is 4.90 Å². The lowest BCUT2D eigenvalue weighted by Crippen LogP contribution is -2.23. The van der Waals surface area contributed by atoms with Gasteiger partial charge in [0.15, 0.2) is 0 Å². The zero-order chi connectivity index (χ0) is 5.98. The van der Waals surface area contributed by atoms with Crippen molar-refractivity contribution in [1.29, 1.82) is 0 Å². The van der Waals surface area contributed by atoms with E-state index in [0.29, 0.717) is 6.04 Å². The van der Waals surface area contributed by atoms with E-state index in [0.717, 1.165) is 19.5 Å². The number of rotatable bonds is 0. The normalized spacial score (nSPS) is 28.0. The monoisotopic (exact) mass is 110 g/mol. The number of hydrogen-bond donors (Lipinski definition) is 1. The largest absolute Gasteiger partial charge is 0.331 e. The van der Waals surface area contributed by atoms with Crippen LogP contribution in [-0.2, 0) is 0 Å². The van der Waals surface area contributed by atoms with Crippen LogP contribution < -0.4 is 5.73 Å². The van der Waals surface area contributed by atoms with E-state index in [9.17, 15) is 0 Å². The summed E-state index contributed by atoms with van der Waals surface area (Å²) in [5, 5.41) is 0. The molecule has 8 heavy (non-hydrogen) atoms. The van der Waals surface area contributed by atoms with Gasteiger partial charge in [-0.05, 0) is 6.42 Å². The summed E-state index contributed by atoms with van der Waals surface area (Å²) in [5.41, 5.74) is 5.56. The SMILES string of the molecule is C#CN1CCC(N)C1. The third kappa shape index (κ3) is 0.932. The molecule has 1 atom stereocenters. The Labute approximate surface area is 49.7 Å². The fraction of sp³-hybridized carbons (Fsp3) is 0.667. The molecule has 1 aliphatic heterocycles. The molecule has 2 heteroatoms. The van der Waals surface area contributed by atoms with Gasteiger partial charge in [0.2, 0.25) is 0 Å². The molecule has 0 aromatic carbocycles. The maximum Gasteiger partial charge on any atom is 0.0412 e. The highest BCUT2D eigenvalue weighted by atomic mass is 15.1. The summed E-state index contributed by atoms with van der Waals surface area (Å²) in [5.74, 6) is 0. The summed E-state index contributed by atoms with van der Waals surface area (Å²) in [6.07, 6.45) is 6.16. The fourth-order valence-corrected chi connectivity index (χ4v) is 0.905. The second-order valence-electron chi connectivity index (χ2n) is 2.12. The van der Waals surface area contributed by atoms with Gasteiger partial charge in [-0.2, -0.15) is 0 Å². The molecule has 0 amide bonds. The molecule has 1 aliphatic rings. The van der Waals surface area contributed by atoms with Crippen LogP contribution in [0.3, 0.4) is 0 Å². The minimum atomic E-state index is 0.311. The van der Waals surface area contributed by atoms with E-state index in [1.807, 2.05) is 4.90 Å². The van der Waals surface area contributed by atoms with E-state index in [1.165, 1.54) is 0 Å². The lowest BCUT2D eigenvalue weighted by atomic mass is 10.3. The number of nitrogens with two attached hydrogens (primary N) is 1. The summed E-state index contributed by atoms with van der Waals surface area (Å²) in [6.45, 7) is 1.84. The average molecular weight is 110 g/mol. The van der Waals surface area contributed by atoms with Gasteiger partial charge in [-0.25, -0.2) is 0 Å². The molecule has 0 aromatic rings. The van der Waals surface area contributed by atoms with Crippen LogP contribution in [0.2, 0.25) is 0 Å². The molecule has 0 radical (unpaired) electrons. The molecule has 0 bridgehead atoms. The van der Waals surface area contributed by atoms with Crippen LogP contribution in [0.4, 0.5) is 0 Å². The summed E-state index contributed by atoms with van der Waals surface area (Å²) >= 11 is 0. The summed E-state index contributed by atoms with van der Waals surface area (Å²) in [6, 6.07) is 2.86. The predicted octanol–water partition coefficient (Wildman–Crippen LogP) is -0.390. The smallest absolute Gasteiger partial charge is 0.0412 e. The topological polar surface area (TPSA) is 29.3 Å². The van der Waals surface area contributed by atoms with Crippen LogP contribution in [0.25, 0.3) is 0 Å². The van der Waals surface area contributed by atoms with E-state index in [4.69, 9.17) is 12.2 Å². The molecule has 2 nitrogen and oxygen atoms in total. The maximum atomic E-state index is 5.56. The van der Waals surface area contributed by atoms with Crippen molar-refractivity contribution in [3.8, 4) is 12.5 Å². The van der Waals surface area contributed by atoms with Crippen molar-refractivity contribution in [2.75, 3.05) is 13.1 Å². The summed E-state index contributed by atoms with van der Waals surface area (Å²) in [4.78, 5) is 1.91. The molecule has 1 saturated heterocycles. The number of nitrogens with zero attached hydrogens (tertiary/aromatic N) is 1. The number of likely N-dealkylation sites (tertiary alicyclic amines) is 1. The van der Waals surface area contributed by atoms with Crippen LogP contribution >= 0.6 is 0 Å². The van der Waals surface area contributed by atoms with Gasteiger partial charge >= 0.3 is 0 Å². The van der Waals surface area contributed by atoms with Crippen LogP contribution in [0.15, 0.2) is 0 Å². The van der Waals surface area contributed by atoms with Crippen molar-refractivity contribution in [3.63, 3.8) is 0 Å². The number of terminal acetylenes is 1. The average Bonchev–Trinajstić information content (AvgIpc) is 2.14. The molecule has 1 heterocycles. The standard InChI is InChI=1S/C6H10N2/c1-2-8-4-3-6(7)5-8/h1,6H,3-5,7H2. The Balaban J connectivity index is 2.35. The van der Waals surface area contributed by atoms with Gasteiger partial charge in [-0.15, -0.1) is 0 Å². The van der Waals surface area contributed by atoms with Crippen LogP contribution in [0, 0.1) is 12.5 Å². The molecule has 44 valence electrons. The van der Waals surface area contributed by atoms with E-state index in [2.05, 4.69) is 6.04 Å². The van der Waals surface area contributed by atoms with Crippen molar-refractivity contribution in [2.24, 2.45) is 5.73 Å². The van der Waals surface area contributed by atoms with Crippen molar-refractivity contribution in [2.45, 2.75) is 12.5 Å². The highest BCUT2D eigenvalue weighted by Gasteiger charge is 2.15. The van der Waals surface area contributed by atoms with Crippen molar-refractivity contribution < 1.29 is 0 Å². The van der Waals surface area contributed by atoms with Gasteiger partial charge in [0.25, 0.3) is 0 Å². The highest BCUT2D eigenvalue weighted by molar-refractivity contribution is 4.91. The van der Waals surface area contributed by atoms with Crippen LogP contribution in [0.5, 0.6) is 0 Å². The Morgan fingerprint density at radius 3 is 2.75 bits per heavy atom. The highest BCUT2D eigenvalue weighted by Crippen LogP contribution is 2.03. The molecule has 1 unspecified atom stereocenters. The first-order valence-corrected chi connectivity index (χ1v) is 2.79. The Morgan fingerprint density at radius 1 is 1.75 bits per heavy atom. The van der Waals surface area contributed by atoms with E-state index in [1.54, 1.807) is 0 Å². The van der Waals surface area contributed by atoms with E-state index in [-0.39, 0.29) is 0 Å². The van der Waals surface area contributed by atoms with Gasteiger partial charge in [0.1, 0.15) is 0 Å². The Bertz CT molecular complexity index is 114. The van der Waals surface area contributed by atoms with Gasteiger partial charge in [0, 0.05) is 25.2 Å². The second kappa shape index (κ2) is 2.06. The molecule has 0 aliphatic carbocycles. The zero-order valence-electron chi connectivity index (χ0n) is 4.80. The molecular formula is C6H10N2. The first kappa shape index (κ1) is 5.46. The molecular weight excluding hydrogens is 100 g/mol. The minimum Gasteiger partial charge on any atom is -0.331 e. The predicted molar refractivity (Wildman–Crippen MR) is 33.0 cm³/mol. The van der Waals surface area contributed by atoms with Crippen molar-refractivity contribution >= 4 is 0 Å². The molecule has 1 fully saturated rings. The maximum absolute atomic E-state index is 5.56. The molecule has 2 N–H and O–H groups in total. The first-order valence-electron chi connectivity index (χ1n) is 2.79. The fourth-order valence-electron chi connectivity index (χ4n) is 0.905. The van der Waals surface area contributed by atoms with Gasteiger partial charge in [0.05, 0.1) is 0 Å². The summed E-state index contributed by atoms with van der Waals surface area (Å²) in [7, 11) is 0. The van der Waals surface area contributed by atoms with E-state index < -0.39 is 0 Å². The van der Waals surface area contributed by atoms with Crippen molar-refractivity contribution in [3.05, 3.63) is 0 Å². The lowest BCUT2D eigenvalue weighted by Gasteiger charge is -2.05. The number of hydrogen-bond acceptors (Lipinski definition) is 2. The Morgan fingerprint density at radius 2 is 2.50 bits per heavy atom. The van der Waals surface area contributed by atoms with E-state index >= 15 is 0 Å². The van der Waals surface area contributed by atoms with Crippen LogP contribution in [-0.4, -0.2) is 24.0 Å². The van der Waals surface area contributed by atoms with Crippen LogP contribution in [0.1, 0.15) is 6.42 Å².